The fraction of sp³-hybridized carbons (Fsp3) is 0.176. The smallest absolute Gasteiger partial charge is 0.271 e. The van der Waals surface area contributed by atoms with Crippen LogP contribution in [0.25, 0.3) is 0 Å². The van der Waals surface area contributed by atoms with E-state index in [1.807, 2.05) is 0 Å². The molecule has 6 nitrogen and oxygen atoms in total. The fourth-order valence-corrected chi connectivity index (χ4v) is 1.97. The van der Waals surface area contributed by atoms with Gasteiger partial charge in [0, 0.05) is 11.1 Å². The molecule has 23 heavy (non-hydrogen) atoms. The van der Waals surface area contributed by atoms with E-state index in [4.69, 9.17) is 9.47 Å². The molecule has 120 valence electrons. The molecule has 0 radical (unpaired) electrons. The third-order valence-corrected chi connectivity index (χ3v) is 3.23. The van der Waals surface area contributed by atoms with Crippen molar-refractivity contribution in [1.82, 2.24) is 5.43 Å². The van der Waals surface area contributed by atoms with Crippen molar-refractivity contribution in [3.63, 3.8) is 0 Å². The van der Waals surface area contributed by atoms with Gasteiger partial charge in [0.1, 0.15) is 5.75 Å². The van der Waals surface area contributed by atoms with Crippen molar-refractivity contribution >= 4 is 11.6 Å². The topological polar surface area (TPSA) is 80.2 Å². The van der Waals surface area contributed by atoms with Crippen LogP contribution in [0.1, 0.15) is 22.8 Å². The Bertz CT molecular complexity index is 741. The van der Waals surface area contributed by atoms with Gasteiger partial charge in [-0.05, 0) is 37.3 Å². The van der Waals surface area contributed by atoms with Crippen molar-refractivity contribution in [3.8, 4) is 17.2 Å². The van der Waals surface area contributed by atoms with E-state index in [1.165, 1.54) is 14.2 Å². The average molecular weight is 314 g/mol. The van der Waals surface area contributed by atoms with E-state index in [1.54, 1.807) is 49.4 Å². The number of nitrogens with zero attached hydrogens (tertiary/aromatic N) is 1. The Balaban J connectivity index is 2.14. The van der Waals surface area contributed by atoms with Crippen molar-refractivity contribution < 1.29 is 19.4 Å². The number of methoxy groups -OCH3 is 2. The molecule has 6 heteroatoms. The summed E-state index contributed by atoms with van der Waals surface area (Å²) >= 11 is 0. The van der Waals surface area contributed by atoms with Gasteiger partial charge in [0.2, 0.25) is 0 Å². The van der Waals surface area contributed by atoms with Crippen LogP contribution in [0.5, 0.6) is 17.2 Å². The third-order valence-electron chi connectivity index (χ3n) is 3.23. The Kier molecular flexibility index (Phi) is 5.19. The minimum absolute atomic E-state index is 0.142. The van der Waals surface area contributed by atoms with Crippen LogP contribution in [-0.2, 0) is 0 Å². The fourth-order valence-electron chi connectivity index (χ4n) is 1.97. The van der Waals surface area contributed by atoms with Crippen molar-refractivity contribution in [2.75, 3.05) is 14.2 Å². The highest BCUT2D eigenvalue weighted by molar-refractivity contribution is 6.01. The molecule has 0 saturated carbocycles. The van der Waals surface area contributed by atoms with Gasteiger partial charge in [0.15, 0.2) is 11.5 Å². The van der Waals surface area contributed by atoms with Crippen LogP contribution in [0, 0.1) is 0 Å². The molecule has 2 rings (SSSR count). The Morgan fingerprint density at radius 1 is 1.04 bits per heavy atom. The van der Waals surface area contributed by atoms with Crippen molar-refractivity contribution in [2.24, 2.45) is 5.10 Å². The quantitative estimate of drug-likeness (QED) is 0.656. The first-order chi connectivity index (χ1) is 11.0. The second-order valence-electron chi connectivity index (χ2n) is 4.76. The summed E-state index contributed by atoms with van der Waals surface area (Å²) in [6, 6.07) is 11.5. The number of amides is 1. The molecule has 0 aliphatic heterocycles. The lowest BCUT2D eigenvalue weighted by Gasteiger charge is -2.09. The van der Waals surface area contributed by atoms with E-state index in [0.717, 1.165) is 5.56 Å². The second kappa shape index (κ2) is 7.31. The maximum atomic E-state index is 12.2. The first kappa shape index (κ1) is 16.4. The van der Waals surface area contributed by atoms with E-state index in [0.29, 0.717) is 22.8 Å². The summed E-state index contributed by atoms with van der Waals surface area (Å²) in [7, 11) is 3.03. The molecule has 0 aromatic heterocycles. The predicted molar refractivity (Wildman–Crippen MR) is 87.3 cm³/mol. The first-order valence-corrected chi connectivity index (χ1v) is 6.91. The second-order valence-corrected chi connectivity index (χ2v) is 4.76. The number of hydrogen-bond acceptors (Lipinski definition) is 5. The third kappa shape index (κ3) is 4.00. The minimum Gasteiger partial charge on any atom is -0.508 e. The van der Waals surface area contributed by atoms with Gasteiger partial charge in [-0.15, -0.1) is 0 Å². The lowest BCUT2D eigenvalue weighted by molar-refractivity contribution is 0.0954. The van der Waals surface area contributed by atoms with Crippen LogP contribution in [0.4, 0.5) is 0 Å². The van der Waals surface area contributed by atoms with Gasteiger partial charge in [-0.25, -0.2) is 5.43 Å². The van der Waals surface area contributed by atoms with Crippen molar-refractivity contribution in [2.45, 2.75) is 6.92 Å². The summed E-state index contributed by atoms with van der Waals surface area (Å²) in [5, 5.41) is 13.5. The lowest BCUT2D eigenvalue weighted by Crippen LogP contribution is -2.19. The molecule has 2 aromatic carbocycles. The molecule has 2 aromatic rings. The Labute approximate surface area is 134 Å². The number of rotatable bonds is 5. The van der Waals surface area contributed by atoms with Gasteiger partial charge >= 0.3 is 0 Å². The minimum atomic E-state index is -0.370. The van der Waals surface area contributed by atoms with E-state index < -0.39 is 0 Å². The van der Waals surface area contributed by atoms with Gasteiger partial charge in [-0.3, -0.25) is 4.79 Å². The zero-order valence-corrected chi connectivity index (χ0v) is 13.2. The number of phenolic OH excluding ortho intramolecular Hbond substituents is 1. The molecule has 0 atom stereocenters. The molecular weight excluding hydrogens is 296 g/mol. The van der Waals surface area contributed by atoms with Crippen LogP contribution in [0.2, 0.25) is 0 Å². The molecule has 0 aliphatic rings. The largest absolute Gasteiger partial charge is 0.508 e. The number of ether oxygens (including phenoxy) is 2. The highest BCUT2D eigenvalue weighted by Crippen LogP contribution is 2.27. The summed E-state index contributed by atoms with van der Waals surface area (Å²) in [6.07, 6.45) is 0. The number of carbonyl (C=O) groups is 1. The summed E-state index contributed by atoms with van der Waals surface area (Å²) in [5.74, 6) is 0.783. The molecular formula is C17H18N2O4. The van der Waals surface area contributed by atoms with Crippen LogP contribution < -0.4 is 14.9 Å². The summed E-state index contributed by atoms with van der Waals surface area (Å²) in [6.45, 7) is 1.74. The summed E-state index contributed by atoms with van der Waals surface area (Å²) in [4.78, 5) is 12.2. The molecule has 0 heterocycles. The van der Waals surface area contributed by atoms with Crippen LogP contribution in [-0.4, -0.2) is 30.9 Å². The molecule has 0 aliphatic carbocycles. The number of hydrogen-bond donors (Lipinski definition) is 2. The van der Waals surface area contributed by atoms with E-state index in [2.05, 4.69) is 10.5 Å². The summed E-state index contributed by atoms with van der Waals surface area (Å²) < 4.78 is 10.3. The van der Waals surface area contributed by atoms with E-state index >= 15 is 0 Å². The van der Waals surface area contributed by atoms with Gasteiger partial charge in [0.05, 0.1) is 19.9 Å². The van der Waals surface area contributed by atoms with Crippen molar-refractivity contribution in [3.05, 3.63) is 53.6 Å². The van der Waals surface area contributed by atoms with Gasteiger partial charge in [-0.1, -0.05) is 12.1 Å². The molecule has 0 saturated heterocycles. The Morgan fingerprint density at radius 3 is 2.43 bits per heavy atom. The average Bonchev–Trinajstić information content (AvgIpc) is 2.58. The SMILES string of the molecule is COc1ccc(C(=O)N/N=C(/C)c2cccc(O)c2)cc1OC. The molecule has 1 amide bonds. The molecule has 2 N–H and O–H groups in total. The van der Waals surface area contributed by atoms with Crippen molar-refractivity contribution in [1.29, 1.82) is 0 Å². The van der Waals surface area contributed by atoms with E-state index in [-0.39, 0.29) is 11.7 Å². The maximum absolute atomic E-state index is 12.2. The Morgan fingerprint density at radius 2 is 1.78 bits per heavy atom. The van der Waals surface area contributed by atoms with Crippen LogP contribution >= 0.6 is 0 Å². The number of nitrogens with one attached hydrogen (secondary N) is 1. The number of hydrazone groups is 1. The van der Waals surface area contributed by atoms with Gasteiger partial charge in [-0.2, -0.15) is 5.10 Å². The standard InChI is InChI=1S/C17H18N2O4/c1-11(12-5-4-6-14(20)9-12)18-19-17(21)13-7-8-15(22-2)16(10-13)23-3/h4-10,20H,1-3H3,(H,19,21)/b18-11-. The van der Waals surface area contributed by atoms with Gasteiger partial charge in [0.25, 0.3) is 5.91 Å². The highest BCUT2D eigenvalue weighted by atomic mass is 16.5. The summed E-state index contributed by atoms with van der Waals surface area (Å²) in [5.41, 5.74) is 4.17. The Hall–Kier alpha value is -3.02. The molecule has 0 fully saturated rings. The monoisotopic (exact) mass is 314 g/mol. The highest BCUT2D eigenvalue weighted by Gasteiger charge is 2.10. The molecule has 0 spiro atoms. The van der Waals surface area contributed by atoms with Crippen LogP contribution in [0.15, 0.2) is 47.6 Å². The van der Waals surface area contributed by atoms with Crippen LogP contribution in [0.3, 0.4) is 0 Å². The first-order valence-electron chi connectivity index (χ1n) is 6.91. The molecule has 0 bridgehead atoms. The normalized spacial score (nSPS) is 11.0. The lowest BCUT2D eigenvalue weighted by atomic mass is 10.1. The predicted octanol–water partition coefficient (Wildman–Crippen LogP) is 2.56. The van der Waals surface area contributed by atoms with E-state index in [9.17, 15) is 9.90 Å². The number of carbonyl (C=O) groups excluding carboxylic acids is 1. The molecule has 0 unspecified atom stereocenters. The number of phenols is 1. The maximum Gasteiger partial charge on any atom is 0.271 e. The van der Waals surface area contributed by atoms with Gasteiger partial charge < -0.3 is 14.6 Å². The number of benzene rings is 2. The zero-order chi connectivity index (χ0) is 16.8. The zero-order valence-electron chi connectivity index (χ0n) is 13.2. The number of aromatic hydroxyl groups is 1.